The predicted molar refractivity (Wildman–Crippen MR) is 74.8 cm³/mol. The molecule has 1 aromatic carbocycles. The molecule has 0 heterocycles. The maximum absolute atomic E-state index is 11.8. The van der Waals surface area contributed by atoms with E-state index in [9.17, 15) is 9.59 Å². The van der Waals surface area contributed by atoms with Crippen molar-refractivity contribution >= 4 is 40.8 Å². The average Bonchev–Trinajstić information content (AvgIpc) is 2.33. The van der Waals surface area contributed by atoms with Crippen LogP contribution >= 0.6 is 23.2 Å². The Hall–Kier alpha value is -1.30. The Morgan fingerprint density at radius 1 is 1.42 bits per heavy atom. The third-order valence-corrected chi connectivity index (χ3v) is 3.46. The number of carbonyl (C=O) groups excluding carboxylic acids is 1. The molecule has 7 heteroatoms. The third-order valence-electron chi connectivity index (χ3n) is 2.64. The van der Waals surface area contributed by atoms with Gasteiger partial charge in [0.2, 0.25) is 5.91 Å². The van der Waals surface area contributed by atoms with Crippen LogP contribution in [0.15, 0.2) is 18.2 Å². The number of hydrogen-bond donors (Lipinski definition) is 2. The summed E-state index contributed by atoms with van der Waals surface area (Å²) in [6.45, 7) is 1.44. The van der Waals surface area contributed by atoms with Crippen LogP contribution in [0.4, 0.5) is 5.69 Å². The number of nitrogens with one attached hydrogen (secondary N) is 1. The molecule has 0 fully saturated rings. The summed E-state index contributed by atoms with van der Waals surface area (Å²) in [5.74, 6) is -1.35. The maximum Gasteiger partial charge on any atom is 0.320 e. The number of aliphatic carboxylic acids is 1. The van der Waals surface area contributed by atoms with Crippen molar-refractivity contribution < 1.29 is 14.7 Å². The smallest absolute Gasteiger partial charge is 0.320 e. The number of rotatable bonds is 5. The lowest BCUT2D eigenvalue weighted by atomic mass is 10.3. The van der Waals surface area contributed by atoms with Gasteiger partial charge in [0.05, 0.1) is 22.3 Å². The predicted octanol–water partition coefficient (Wildman–Crippen LogP) is 2.34. The summed E-state index contributed by atoms with van der Waals surface area (Å²) in [4.78, 5) is 23.9. The van der Waals surface area contributed by atoms with Gasteiger partial charge in [0.1, 0.15) is 6.04 Å². The van der Waals surface area contributed by atoms with Crippen LogP contribution in [0.25, 0.3) is 0 Å². The standard InChI is InChI=1S/C12H14Cl2N2O3/c1-7(12(18)19)16(2)6-10(17)15-9-5-3-4-8(13)11(9)14/h3-5,7H,6H2,1-2H3,(H,15,17)(H,18,19). The number of nitrogens with zero attached hydrogens (tertiary/aromatic N) is 1. The molecule has 104 valence electrons. The highest BCUT2D eigenvalue weighted by Crippen LogP contribution is 2.29. The van der Waals surface area contributed by atoms with E-state index in [-0.39, 0.29) is 17.5 Å². The van der Waals surface area contributed by atoms with Gasteiger partial charge >= 0.3 is 5.97 Å². The Morgan fingerprint density at radius 2 is 2.05 bits per heavy atom. The molecule has 0 aliphatic heterocycles. The van der Waals surface area contributed by atoms with Crippen molar-refractivity contribution in [1.82, 2.24) is 4.90 Å². The number of benzene rings is 1. The minimum Gasteiger partial charge on any atom is -0.480 e. The lowest BCUT2D eigenvalue weighted by Gasteiger charge is -2.20. The highest BCUT2D eigenvalue weighted by Gasteiger charge is 2.19. The van der Waals surface area contributed by atoms with Crippen molar-refractivity contribution in [2.24, 2.45) is 0 Å². The molecule has 0 aromatic heterocycles. The maximum atomic E-state index is 11.8. The zero-order chi connectivity index (χ0) is 14.6. The number of likely N-dealkylation sites (N-methyl/N-ethyl adjacent to an activating group) is 1. The number of carboxylic acid groups (broad SMARTS) is 1. The molecule has 0 aliphatic rings. The molecule has 0 aliphatic carbocycles. The van der Waals surface area contributed by atoms with Crippen LogP contribution in [0.5, 0.6) is 0 Å². The Balaban J connectivity index is 2.66. The van der Waals surface area contributed by atoms with E-state index in [1.807, 2.05) is 0 Å². The van der Waals surface area contributed by atoms with Crippen LogP contribution in [-0.2, 0) is 9.59 Å². The monoisotopic (exact) mass is 304 g/mol. The fraction of sp³-hybridized carbons (Fsp3) is 0.333. The summed E-state index contributed by atoms with van der Waals surface area (Å²) in [5.41, 5.74) is 0.399. The van der Waals surface area contributed by atoms with Crippen molar-refractivity contribution in [3.63, 3.8) is 0 Å². The van der Waals surface area contributed by atoms with E-state index in [2.05, 4.69) is 5.32 Å². The number of carbonyl (C=O) groups is 2. The first-order valence-electron chi connectivity index (χ1n) is 5.50. The molecule has 0 radical (unpaired) electrons. The zero-order valence-electron chi connectivity index (χ0n) is 10.5. The van der Waals surface area contributed by atoms with Gasteiger partial charge in [-0.2, -0.15) is 0 Å². The van der Waals surface area contributed by atoms with Gasteiger partial charge in [0, 0.05) is 0 Å². The van der Waals surface area contributed by atoms with E-state index >= 15 is 0 Å². The second-order valence-electron chi connectivity index (χ2n) is 4.08. The topological polar surface area (TPSA) is 69.6 Å². The lowest BCUT2D eigenvalue weighted by molar-refractivity contribution is -0.142. The molecule has 5 nitrogen and oxygen atoms in total. The summed E-state index contributed by atoms with van der Waals surface area (Å²) < 4.78 is 0. The van der Waals surface area contributed by atoms with Crippen LogP contribution < -0.4 is 5.32 Å². The van der Waals surface area contributed by atoms with Gasteiger partial charge in [-0.1, -0.05) is 29.3 Å². The van der Waals surface area contributed by atoms with Crippen molar-refractivity contribution in [2.75, 3.05) is 18.9 Å². The van der Waals surface area contributed by atoms with Crippen molar-refractivity contribution in [3.05, 3.63) is 28.2 Å². The molecular formula is C12H14Cl2N2O3. The molecule has 19 heavy (non-hydrogen) atoms. The second kappa shape index (κ2) is 6.75. The molecule has 1 atom stereocenters. The molecule has 0 spiro atoms. The lowest BCUT2D eigenvalue weighted by Crippen LogP contribution is -2.40. The molecular weight excluding hydrogens is 291 g/mol. The van der Waals surface area contributed by atoms with Crippen molar-refractivity contribution in [3.8, 4) is 0 Å². The van der Waals surface area contributed by atoms with Gasteiger partial charge in [-0.25, -0.2) is 0 Å². The summed E-state index contributed by atoms with van der Waals surface area (Å²) >= 11 is 11.8. The number of hydrogen-bond acceptors (Lipinski definition) is 3. The number of halogens is 2. The third kappa shape index (κ3) is 4.38. The van der Waals surface area contributed by atoms with Crippen molar-refractivity contribution in [1.29, 1.82) is 0 Å². The Kier molecular flexibility index (Phi) is 5.60. The van der Waals surface area contributed by atoms with Crippen LogP contribution in [0.1, 0.15) is 6.92 Å². The summed E-state index contributed by atoms with van der Waals surface area (Å²) in [5, 5.41) is 12.0. The van der Waals surface area contributed by atoms with Crippen LogP contribution in [0, 0.1) is 0 Å². The van der Waals surface area contributed by atoms with Gasteiger partial charge in [-0.05, 0) is 26.1 Å². The van der Waals surface area contributed by atoms with Gasteiger partial charge in [-0.15, -0.1) is 0 Å². The van der Waals surface area contributed by atoms with E-state index in [1.54, 1.807) is 25.2 Å². The van der Waals surface area contributed by atoms with Gasteiger partial charge in [-0.3, -0.25) is 14.5 Å². The second-order valence-corrected chi connectivity index (χ2v) is 4.86. The molecule has 0 saturated heterocycles. The fourth-order valence-electron chi connectivity index (χ4n) is 1.34. The largest absolute Gasteiger partial charge is 0.480 e. The highest BCUT2D eigenvalue weighted by atomic mass is 35.5. The van der Waals surface area contributed by atoms with E-state index < -0.39 is 12.0 Å². The van der Waals surface area contributed by atoms with Gasteiger partial charge < -0.3 is 10.4 Å². The molecule has 1 amide bonds. The Labute approximate surface area is 121 Å². The summed E-state index contributed by atoms with van der Waals surface area (Å²) in [6, 6.07) is 4.14. The van der Waals surface area contributed by atoms with E-state index in [4.69, 9.17) is 28.3 Å². The number of carboxylic acids is 1. The minimum atomic E-state index is -0.990. The SMILES string of the molecule is CC(C(=O)O)N(C)CC(=O)Nc1cccc(Cl)c1Cl. The van der Waals surface area contributed by atoms with Gasteiger partial charge in [0.15, 0.2) is 0 Å². The first kappa shape index (κ1) is 15.8. The Bertz CT molecular complexity index is 494. The van der Waals surface area contributed by atoms with Gasteiger partial charge in [0.25, 0.3) is 0 Å². The van der Waals surface area contributed by atoms with E-state index in [0.29, 0.717) is 10.7 Å². The number of amides is 1. The molecule has 1 aromatic rings. The molecule has 2 N–H and O–H groups in total. The number of anilines is 1. The first-order valence-corrected chi connectivity index (χ1v) is 6.25. The van der Waals surface area contributed by atoms with E-state index in [0.717, 1.165) is 0 Å². The van der Waals surface area contributed by atoms with E-state index in [1.165, 1.54) is 11.8 Å². The Morgan fingerprint density at radius 3 is 2.63 bits per heavy atom. The molecule has 1 unspecified atom stereocenters. The van der Waals surface area contributed by atoms with Crippen LogP contribution in [0.2, 0.25) is 10.0 Å². The normalized spacial score (nSPS) is 12.3. The molecule has 0 bridgehead atoms. The molecule has 0 saturated carbocycles. The fourth-order valence-corrected chi connectivity index (χ4v) is 1.69. The first-order chi connectivity index (χ1) is 8.82. The highest BCUT2D eigenvalue weighted by molar-refractivity contribution is 6.43. The molecule has 1 rings (SSSR count). The summed E-state index contributed by atoms with van der Waals surface area (Å²) in [7, 11) is 1.55. The zero-order valence-corrected chi connectivity index (χ0v) is 12.0. The average molecular weight is 305 g/mol. The summed E-state index contributed by atoms with van der Waals surface area (Å²) in [6.07, 6.45) is 0. The quantitative estimate of drug-likeness (QED) is 0.876. The van der Waals surface area contributed by atoms with Crippen LogP contribution in [-0.4, -0.2) is 41.5 Å². The van der Waals surface area contributed by atoms with Crippen LogP contribution in [0.3, 0.4) is 0 Å². The minimum absolute atomic E-state index is 0.0592. The van der Waals surface area contributed by atoms with Crippen molar-refractivity contribution in [2.45, 2.75) is 13.0 Å².